The summed E-state index contributed by atoms with van der Waals surface area (Å²) in [5.74, 6) is 0.377. The van der Waals surface area contributed by atoms with E-state index < -0.39 is 0 Å². The van der Waals surface area contributed by atoms with Crippen LogP contribution in [0.1, 0.15) is 12.8 Å². The van der Waals surface area contributed by atoms with Crippen LogP contribution in [0.15, 0.2) is 18.2 Å². The fraction of sp³-hybridized carbons (Fsp3) is 0.462. The molecule has 1 amide bonds. The Morgan fingerprint density at radius 3 is 2.95 bits per heavy atom. The van der Waals surface area contributed by atoms with Crippen LogP contribution in [0.25, 0.3) is 0 Å². The molecule has 0 bridgehead atoms. The van der Waals surface area contributed by atoms with Crippen molar-refractivity contribution < 1.29 is 9.53 Å². The molecule has 104 valence electrons. The number of hydrogen-bond donors (Lipinski definition) is 2. The summed E-state index contributed by atoms with van der Waals surface area (Å²) in [5.41, 5.74) is 6.88. The van der Waals surface area contributed by atoms with Crippen molar-refractivity contribution in [2.75, 3.05) is 30.0 Å². The Morgan fingerprint density at radius 2 is 2.21 bits per heavy atom. The minimum Gasteiger partial charge on any atom is -0.397 e. The lowest BCUT2D eigenvalue weighted by Crippen LogP contribution is -2.21. The van der Waals surface area contributed by atoms with Gasteiger partial charge in [0, 0.05) is 23.5 Å². The standard InChI is InChI=1S/C13H17ClN2O2S/c14-9-1-2-11(15)12(7-9)16-13(17)8-19-10-3-5-18-6-4-10/h1-2,7,10H,3-6,8,15H2,(H,16,17). The second kappa shape index (κ2) is 7.03. The van der Waals surface area contributed by atoms with Crippen molar-refractivity contribution in [3.8, 4) is 0 Å². The largest absolute Gasteiger partial charge is 0.397 e. The Balaban J connectivity index is 1.81. The van der Waals surface area contributed by atoms with Crippen LogP contribution in [0, 0.1) is 0 Å². The number of amides is 1. The van der Waals surface area contributed by atoms with Crippen LogP contribution in [0.4, 0.5) is 11.4 Å². The predicted octanol–water partition coefficient (Wildman–Crippen LogP) is 2.77. The van der Waals surface area contributed by atoms with E-state index in [2.05, 4.69) is 5.32 Å². The quantitative estimate of drug-likeness (QED) is 0.839. The van der Waals surface area contributed by atoms with E-state index in [1.165, 1.54) is 0 Å². The maximum Gasteiger partial charge on any atom is 0.234 e. The summed E-state index contributed by atoms with van der Waals surface area (Å²) in [6, 6.07) is 5.04. The number of nitrogens with two attached hydrogens (primary N) is 1. The molecular formula is C13H17ClN2O2S. The lowest BCUT2D eigenvalue weighted by molar-refractivity contribution is -0.113. The monoisotopic (exact) mass is 300 g/mol. The molecule has 0 spiro atoms. The number of nitrogen functional groups attached to an aromatic ring is 1. The molecule has 1 heterocycles. The van der Waals surface area contributed by atoms with E-state index >= 15 is 0 Å². The Bertz CT molecular complexity index is 450. The molecule has 0 radical (unpaired) electrons. The van der Waals surface area contributed by atoms with E-state index in [0.717, 1.165) is 26.1 Å². The molecule has 0 atom stereocenters. The molecule has 1 aromatic carbocycles. The van der Waals surface area contributed by atoms with E-state index in [1.807, 2.05) is 0 Å². The first kappa shape index (κ1) is 14.5. The zero-order chi connectivity index (χ0) is 13.7. The van der Waals surface area contributed by atoms with Crippen LogP contribution in [-0.4, -0.2) is 30.1 Å². The van der Waals surface area contributed by atoms with Gasteiger partial charge in [0.2, 0.25) is 5.91 Å². The molecule has 1 aliphatic heterocycles. The third-order valence-corrected chi connectivity index (χ3v) is 4.51. The van der Waals surface area contributed by atoms with Gasteiger partial charge in [-0.2, -0.15) is 0 Å². The average Bonchev–Trinajstić information content (AvgIpc) is 2.42. The molecule has 1 aliphatic rings. The summed E-state index contributed by atoms with van der Waals surface area (Å²) in [4.78, 5) is 11.9. The summed E-state index contributed by atoms with van der Waals surface area (Å²) in [6.07, 6.45) is 2.02. The number of thioether (sulfide) groups is 1. The fourth-order valence-corrected chi connectivity index (χ4v) is 3.02. The lowest BCUT2D eigenvalue weighted by Gasteiger charge is -2.21. The number of hydrogen-bond acceptors (Lipinski definition) is 4. The Labute approximate surface area is 122 Å². The van der Waals surface area contributed by atoms with Gasteiger partial charge in [-0.15, -0.1) is 11.8 Å². The molecule has 2 rings (SSSR count). The van der Waals surface area contributed by atoms with Crippen LogP contribution in [0.5, 0.6) is 0 Å². The summed E-state index contributed by atoms with van der Waals surface area (Å²) in [7, 11) is 0. The van der Waals surface area contributed by atoms with E-state index in [1.54, 1.807) is 30.0 Å². The number of anilines is 2. The molecule has 0 unspecified atom stereocenters. The third-order valence-electron chi connectivity index (χ3n) is 2.91. The first-order valence-corrected chi connectivity index (χ1v) is 7.62. The van der Waals surface area contributed by atoms with Gasteiger partial charge in [-0.25, -0.2) is 0 Å². The minimum absolute atomic E-state index is 0.0505. The Morgan fingerprint density at radius 1 is 1.47 bits per heavy atom. The maximum absolute atomic E-state index is 11.9. The molecule has 0 aromatic heterocycles. The molecular weight excluding hydrogens is 284 g/mol. The summed E-state index contributed by atoms with van der Waals surface area (Å²) < 4.78 is 5.29. The molecule has 1 saturated heterocycles. The topological polar surface area (TPSA) is 64.3 Å². The molecule has 4 nitrogen and oxygen atoms in total. The van der Waals surface area contributed by atoms with Gasteiger partial charge in [0.25, 0.3) is 0 Å². The van der Waals surface area contributed by atoms with Gasteiger partial charge in [-0.05, 0) is 31.0 Å². The van der Waals surface area contributed by atoms with Gasteiger partial charge in [0.15, 0.2) is 0 Å². The van der Waals surface area contributed by atoms with Crippen LogP contribution in [0.3, 0.4) is 0 Å². The molecule has 6 heteroatoms. The zero-order valence-corrected chi connectivity index (χ0v) is 12.1. The van der Waals surface area contributed by atoms with Gasteiger partial charge in [0.1, 0.15) is 0 Å². The van der Waals surface area contributed by atoms with Crippen molar-refractivity contribution in [2.45, 2.75) is 18.1 Å². The highest BCUT2D eigenvalue weighted by Gasteiger charge is 2.16. The molecule has 0 aliphatic carbocycles. The summed E-state index contributed by atoms with van der Waals surface area (Å²) in [5, 5.41) is 3.86. The first-order chi connectivity index (χ1) is 9.15. The van der Waals surface area contributed by atoms with E-state index in [-0.39, 0.29) is 5.91 Å². The van der Waals surface area contributed by atoms with Crippen LogP contribution in [0.2, 0.25) is 5.02 Å². The van der Waals surface area contributed by atoms with Gasteiger partial charge in [-0.3, -0.25) is 4.79 Å². The second-order valence-electron chi connectivity index (χ2n) is 4.40. The number of ether oxygens (including phenoxy) is 1. The van der Waals surface area contributed by atoms with E-state index in [4.69, 9.17) is 22.1 Å². The van der Waals surface area contributed by atoms with Gasteiger partial charge < -0.3 is 15.8 Å². The van der Waals surface area contributed by atoms with Gasteiger partial charge in [-0.1, -0.05) is 11.6 Å². The van der Waals surface area contributed by atoms with Crippen molar-refractivity contribution in [3.05, 3.63) is 23.2 Å². The number of benzene rings is 1. The van der Waals surface area contributed by atoms with Crippen LogP contribution in [-0.2, 0) is 9.53 Å². The lowest BCUT2D eigenvalue weighted by atomic mass is 10.2. The SMILES string of the molecule is Nc1ccc(Cl)cc1NC(=O)CSC1CCOCC1. The minimum atomic E-state index is -0.0505. The zero-order valence-electron chi connectivity index (χ0n) is 10.5. The molecule has 1 aromatic rings. The second-order valence-corrected chi connectivity index (χ2v) is 6.13. The number of halogens is 1. The fourth-order valence-electron chi connectivity index (χ4n) is 1.86. The predicted molar refractivity (Wildman–Crippen MR) is 80.8 cm³/mol. The first-order valence-electron chi connectivity index (χ1n) is 6.19. The van der Waals surface area contributed by atoms with E-state index in [9.17, 15) is 4.79 Å². The Kier molecular flexibility index (Phi) is 5.36. The molecule has 3 N–H and O–H groups in total. The summed E-state index contributed by atoms with van der Waals surface area (Å²) in [6.45, 7) is 1.58. The van der Waals surface area contributed by atoms with Crippen molar-refractivity contribution in [2.24, 2.45) is 0 Å². The van der Waals surface area contributed by atoms with Crippen molar-refractivity contribution in [1.82, 2.24) is 0 Å². The number of carbonyl (C=O) groups is 1. The molecule has 0 saturated carbocycles. The summed E-state index contributed by atoms with van der Waals surface area (Å²) >= 11 is 7.54. The average molecular weight is 301 g/mol. The Hall–Kier alpha value is -0.910. The number of rotatable bonds is 4. The highest BCUT2D eigenvalue weighted by atomic mass is 35.5. The van der Waals surface area contributed by atoms with Crippen molar-refractivity contribution in [3.63, 3.8) is 0 Å². The maximum atomic E-state index is 11.9. The van der Waals surface area contributed by atoms with Gasteiger partial charge >= 0.3 is 0 Å². The number of nitrogens with one attached hydrogen (secondary N) is 1. The molecule has 1 fully saturated rings. The smallest absolute Gasteiger partial charge is 0.234 e. The number of carbonyl (C=O) groups excluding carboxylic acids is 1. The van der Waals surface area contributed by atoms with Gasteiger partial charge in [0.05, 0.1) is 17.1 Å². The third kappa shape index (κ3) is 4.60. The highest BCUT2D eigenvalue weighted by molar-refractivity contribution is 8.00. The highest BCUT2D eigenvalue weighted by Crippen LogP contribution is 2.25. The van der Waals surface area contributed by atoms with Crippen molar-refractivity contribution >= 4 is 40.6 Å². The van der Waals surface area contributed by atoms with E-state index in [0.29, 0.717) is 27.4 Å². The van der Waals surface area contributed by atoms with Crippen LogP contribution >= 0.6 is 23.4 Å². The van der Waals surface area contributed by atoms with Crippen LogP contribution < -0.4 is 11.1 Å². The molecule has 19 heavy (non-hydrogen) atoms. The normalized spacial score (nSPS) is 16.3. The van der Waals surface area contributed by atoms with Crippen molar-refractivity contribution in [1.29, 1.82) is 0 Å².